The second-order valence-electron chi connectivity index (χ2n) is 6.49. The van der Waals surface area contributed by atoms with Crippen molar-refractivity contribution >= 4 is 5.91 Å². The number of fused-ring (bicyclic) bond motifs is 1. The molecule has 7 nitrogen and oxygen atoms in total. The molecule has 0 saturated heterocycles. The van der Waals surface area contributed by atoms with Crippen LogP contribution in [0.3, 0.4) is 0 Å². The topological polar surface area (TPSA) is 76.8 Å². The number of aromatic nitrogens is 2. The molecular formula is C18H20F3N3O4. The van der Waals surface area contributed by atoms with Crippen LogP contribution in [0.4, 0.5) is 13.2 Å². The number of rotatable bonds is 6. The van der Waals surface area contributed by atoms with E-state index in [9.17, 15) is 23.1 Å². The number of aryl methyl sites for hydroxylation is 1. The van der Waals surface area contributed by atoms with Gasteiger partial charge in [-0.15, -0.1) is 0 Å². The molecule has 10 heteroatoms. The van der Waals surface area contributed by atoms with Gasteiger partial charge in [0, 0.05) is 32.5 Å². The fraction of sp³-hybridized carbons (Fsp3) is 0.444. The fourth-order valence-electron chi connectivity index (χ4n) is 3.04. The van der Waals surface area contributed by atoms with Gasteiger partial charge >= 0.3 is 6.18 Å². The van der Waals surface area contributed by atoms with E-state index in [4.69, 9.17) is 9.47 Å². The maximum atomic E-state index is 13.6. The number of ether oxygens (including phenoxy) is 2. The number of imidazole rings is 1. The van der Waals surface area contributed by atoms with Crippen molar-refractivity contribution in [1.82, 2.24) is 14.5 Å². The zero-order chi connectivity index (χ0) is 20.5. The maximum absolute atomic E-state index is 13.6. The molecule has 1 atom stereocenters. The summed E-state index contributed by atoms with van der Waals surface area (Å²) < 4.78 is 52.5. The molecule has 1 aliphatic heterocycles. The van der Waals surface area contributed by atoms with Gasteiger partial charge in [0.25, 0.3) is 0 Å². The summed E-state index contributed by atoms with van der Waals surface area (Å²) in [6, 6.07) is 5.06. The molecule has 1 aliphatic rings. The van der Waals surface area contributed by atoms with E-state index in [1.54, 1.807) is 25.1 Å². The zero-order valence-corrected chi connectivity index (χ0v) is 15.4. The predicted octanol–water partition coefficient (Wildman–Crippen LogP) is 2.34. The third-order valence-corrected chi connectivity index (χ3v) is 4.61. The fourth-order valence-corrected chi connectivity index (χ4v) is 3.04. The standard InChI is InChI=1S/C18H20F3N3O4/c1-3-24(10-12-4-5-13-14(8-12)28-11-27-13)15(25)9-17(26,18(19,20)21)16-22-6-7-23(16)2/h4-8,26H,3,9-11H2,1-2H3. The number of aliphatic hydroxyl groups is 1. The van der Waals surface area contributed by atoms with Gasteiger partial charge in [-0.3, -0.25) is 4.79 Å². The first-order valence-electron chi connectivity index (χ1n) is 8.59. The normalized spacial score (nSPS) is 15.4. The Kier molecular flexibility index (Phi) is 5.24. The molecule has 1 aromatic heterocycles. The van der Waals surface area contributed by atoms with Gasteiger partial charge in [0.1, 0.15) is 0 Å². The largest absolute Gasteiger partial charge is 0.454 e. The van der Waals surface area contributed by atoms with Crippen LogP contribution in [0.1, 0.15) is 24.7 Å². The van der Waals surface area contributed by atoms with Crippen LogP contribution in [0.2, 0.25) is 0 Å². The summed E-state index contributed by atoms with van der Waals surface area (Å²) in [5.74, 6) is -0.393. The van der Waals surface area contributed by atoms with E-state index in [1.165, 1.54) is 18.1 Å². The van der Waals surface area contributed by atoms with Gasteiger partial charge in [0.05, 0.1) is 6.42 Å². The second kappa shape index (κ2) is 7.34. The van der Waals surface area contributed by atoms with E-state index in [0.717, 1.165) is 10.8 Å². The van der Waals surface area contributed by atoms with Gasteiger partial charge in [-0.2, -0.15) is 13.2 Å². The average molecular weight is 399 g/mol. The van der Waals surface area contributed by atoms with Crippen LogP contribution in [-0.4, -0.2) is 45.0 Å². The van der Waals surface area contributed by atoms with Crippen LogP contribution < -0.4 is 9.47 Å². The Morgan fingerprint density at radius 3 is 2.64 bits per heavy atom. The van der Waals surface area contributed by atoms with Crippen molar-refractivity contribution in [2.75, 3.05) is 13.3 Å². The number of halogens is 3. The van der Waals surface area contributed by atoms with Crippen molar-refractivity contribution < 1.29 is 32.5 Å². The molecule has 2 aromatic rings. The average Bonchev–Trinajstić information content (AvgIpc) is 3.26. The molecule has 0 radical (unpaired) electrons. The molecule has 1 unspecified atom stereocenters. The molecule has 2 heterocycles. The van der Waals surface area contributed by atoms with Gasteiger partial charge in [-0.1, -0.05) is 6.07 Å². The highest BCUT2D eigenvalue weighted by molar-refractivity contribution is 5.77. The molecule has 0 fully saturated rings. The molecule has 0 spiro atoms. The highest BCUT2D eigenvalue weighted by atomic mass is 19.4. The van der Waals surface area contributed by atoms with E-state index >= 15 is 0 Å². The van der Waals surface area contributed by atoms with Crippen LogP contribution >= 0.6 is 0 Å². The Morgan fingerprint density at radius 2 is 2.04 bits per heavy atom. The van der Waals surface area contributed by atoms with Crippen molar-refractivity contribution in [3.63, 3.8) is 0 Å². The van der Waals surface area contributed by atoms with Crippen molar-refractivity contribution in [2.45, 2.75) is 31.7 Å². The second-order valence-corrected chi connectivity index (χ2v) is 6.49. The summed E-state index contributed by atoms with van der Waals surface area (Å²) in [7, 11) is 1.33. The summed E-state index contributed by atoms with van der Waals surface area (Å²) in [6.45, 7) is 1.98. The number of carbonyl (C=O) groups is 1. The van der Waals surface area contributed by atoms with Crippen LogP contribution in [0.5, 0.6) is 11.5 Å². The third-order valence-electron chi connectivity index (χ3n) is 4.61. The van der Waals surface area contributed by atoms with E-state index in [2.05, 4.69) is 4.98 Å². The number of alkyl halides is 3. The molecule has 0 saturated carbocycles. The summed E-state index contributed by atoms with van der Waals surface area (Å²) in [6.07, 6.45) is -3.82. The monoisotopic (exact) mass is 399 g/mol. The lowest BCUT2D eigenvalue weighted by atomic mass is 9.96. The van der Waals surface area contributed by atoms with E-state index in [-0.39, 0.29) is 19.9 Å². The van der Waals surface area contributed by atoms with Crippen LogP contribution in [0.25, 0.3) is 0 Å². The summed E-state index contributed by atoms with van der Waals surface area (Å²) in [4.78, 5) is 17.5. The molecule has 1 amide bonds. The highest BCUT2D eigenvalue weighted by Gasteiger charge is 2.59. The lowest BCUT2D eigenvalue weighted by Gasteiger charge is -2.31. The van der Waals surface area contributed by atoms with Gasteiger partial charge in [0.2, 0.25) is 18.3 Å². The van der Waals surface area contributed by atoms with E-state index in [0.29, 0.717) is 17.1 Å². The number of nitrogens with zero attached hydrogens (tertiary/aromatic N) is 3. The molecule has 1 aromatic carbocycles. The minimum absolute atomic E-state index is 0.0699. The third kappa shape index (κ3) is 3.64. The summed E-state index contributed by atoms with van der Waals surface area (Å²) >= 11 is 0. The lowest BCUT2D eigenvalue weighted by Crippen LogP contribution is -2.48. The van der Waals surface area contributed by atoms with E-state index in [1.807, 2.05) is 0 Å². The zero-order valence-electron chi connectivity index (χ0n) is 15.4. The quantitative estimate of drug-likeness (QED) is 0.807. The van der Waals surface area contributed by atoms with Gasteiger partial charge in [-0.05, 0) is 24.6 Å². The molecule has 3 rings (SSSR count). The predicted molar refractivity (Wildman–Crippen MR) is 91.4 cm³/mol. The number of amides is 1. The number of benzene rings is 1. The highest BCUT2D eigenvalue weighted by Crippen LogP contribution is 2.41. The van der Waals surface area contributed by atoms with Crippen LogP contribution in [0, 0.1) is 0 Å². The summed E-state index contributed by atoms with van der Waals surface area (Å²) in [5.41, 5.74) is -2.71. The van der Waals surface area contributed by atoms with Crippen molar-refractivity contribution in [3.8, 4) is 11.5 Å². The first kappa shape index (κ1) is 20.0. The van der Waals surface area contributed by atoms with Gasteiger partial charge in [-0.25, -0.2) is 4.98 Å². The van der Waals surface area contributed by atoms with Crippen LogP contribution in [0.15, 0.2) is 30.6 Å². The molecule has 0 bridgehead atoms. The molecular weight excluding hydrogens is 379 g/mol. The number of hydrogen-bond donors (Lipinski definition) is 1. The van der Waals surface area contributed by atoms with Gasteiger partial charge in [0.15, 0.2) is 17.3 Å². The Bertz CT molecular complexity index is 868. The first-order valence-corrected chi connectivity index (χ1v) is 8.59. The minimum atomic E-state index is -5.07. The molecule has 0 aliphatic carbocycles. The Hall–Kier alpha value is -2.75. The van der Waals surface area contributed by atoms with Crippen molar-refractivity contribution in [3.05, 3.63) is 42.0 Å². The minimum Gasteiger partial charge on any atom is -0.454 e. The summed E-state index contributed by atoms with van der Waals surface area (Å²) in [5, 5.41) is 10.4. The number of carbonyl (C=O) groups excluding carboxylic acids is 1. The number of hydrogen-bond acceptors (Lipinski definition) is 5. The van der Waals surface area contributed by atoms with E-state index < -0.39 is 29.9 Å². The van der Waals surface area contributed by atoms with Crippen LogP contribution in [-0.2, 0) is 24.0 Å². The molecule has 1 N–H and O–H groups in total. The Balaban J connectivity index is 1.81. The maximum Gasteiger partial charge on any atom is 0.425 e. The van der Waals surface area contributed by atoms with Crippen molar-refractivity contribution in [1.29, 1.82) is 0 Å². The first-order chi connectivity index (χ1) is 13.2. The molecule has 152 valence electrons. The molecule has 28 heavy (non-hydrogen) atoms. The lowest BCUT2D eigenvalue weighted by molar-refractivity contribution is -0.272. The Morgan fingerprint density at radius 1 is 1.32 bits per heavy atom. The van der Waals surface area contributed by atoms with Gasteiger partial charge < -0.3 is 24.0 Å². The SMILES string of the molecule is CCN(Cc1ccc2c(c1)OCO2)C(=O)CC(O)(c1nccn1C)C(F)(F)F. The smallest absolute Gasteiger partial charge is 0.425 e. The van der Waals surface area contributed by atoms with Crippen molar-refractivity contribution in [2.24, 2.45) is 7.05 Å². The Labute approximate surface area is 159 Å².